The SMILES string of the molecule is CS(=O)(=O)N(CCCC(=O)NCc1ccccc1CN1CCCC1=O)c1ccc2c(c1)OCCO2. The van der Waals surface area contributed by atoms with Gasteiger partial charge in [-0.3, -0.25) is 13.9 Å². The van der Waals surface area contributed by atoms with Gasteiger partial charge in [-0.1, -0.05) is 24.3 Å². The molecule has 0 saturated carbocycles. The number of nitrogens with one attached hydrogen (secondary N) is 1. The second kappa shape index (κ2) is 11.0. The molecule has 2 heterocycles. The smallest absolute Gasteiger partial charge is 0.232 e. The number of nitrogens with zero attached hydrogens (tertiary/aromatic N) is 2. The number of carbonyl (C=O) groups is 2. The van der Waals surface area contributed by atoms with Crippen LogP contribution >= 0.6 is 0 Å². The van der Waals surface area contributed by atoms with E-state index in [2.05, 4.69) is 5.32 Å². The van der Waals surface area contributed by atoms with Gasteiger partial charge >= 0.3 is 0 Å². The van der Waals surface area contributed by atoms with E-state index in [-0.39, 0.29) is 24.8 Å². The van der Waals surface area contributed by atoms with Crippen molar-refractivity contribution in [3.8, 4) is 11.5 Å². The summed E-state index contributed by atoms with van der Waals surface area (Å²) in [5, 5.41) is 2.92. The lowest BCUT2D eigenvalue weighted by Gasteiger charge is -2.25. The van der Waals surface area contributed by atoms with Crippen LogP contribution in [0, 0.1) is 0 Å². The van der Waals surface area contributed by atoms with Crippen LogP contribution in [0.25, 0.3) is 0 Å². The number of carbonyl (C=O) groups excluding carboxylic acids is 2. The normalized spacial score (nSPS) is 15.2. The molecule has 1 N–H and O–H groups in total. The number of benzene rings is 2. The zero-order chi connectivity index (χ0) is 24.8. The molecular formula is C25H31N3O6S. The number of anilines is 1. The molecular weight excluding hydrogens is 470 g/mol. The van der Waals surface area contributed by atoms with Crippen molar-refractivity contribution in [3.63, 3.8) is 0 Å². The summed E-state index contributed by atoms with van der Waals surface area (Å²) in [6.45, 7) is 2.70. The lowest BCUT2D eigenvalue weighted by atomic mass is 10.1. The van der Waals surface area contributed by atoms with Gasteiger partial charge in [-0.15, -0.1) is 0 Å². The van der Waals surface area contributed by atoms with Crippen molar-refractivity contribution in [3.05, 3.63) is 53.6 Å². The van der Waals surface area contributed by atoms with Crippen molar-refractivity contribution in [2.75, 3.05) is 36.9 Å². The van der Waals surface area contributed by atoms with Gasteiger partial charge in [-0.2, -0.15) is 0 Å². The lowest BCUT2D eigenvalue weighted by Crippen LogP contribution is -2.32. The molecule has 1 fully saturated rings. The highest BCUT2D eigenvalue weighted by Crippen LogP contribution is 2.34. The number of rotatable bonds is 10. The molecule has 35 heavy (non-hydrogen) atoms. The monoisotopic (exact) mass is 501 g/mol. The minimum atomic E-state index is -3.55. The number of ether oxygens (including phenoxy) is 2. The van der Waals surface area contributed by atoms with E-state index in [0.29, 0.717) is 56.3 Å². The van der Waals surface area contributed by atoms with Gasteiger partial charge in [0, 0.05) is 45.1 Å². The van der Waals surface area contributed by atoms with Gasteiger partial charge in [0.15, 0.2) is 11.5 Å². The lowest BCUT2D eigenvalue weighted by molar-refractivity contribution is -0.128. The van der Waals surface area contributed by atoms with Crippen LogP contribution < -0.4 is 19.1 Å². The number of sulfonamides is 1. The molecule has 0 bridgehead atoms. The van der Waals surface area contributed by atoms with Crippen LogP contribution in [0.3, 0.4) is 0 Å². The van der Waals surface area contributed by atoms with E-state index >= 15 is 0 Å². The predicted molar refractivity (Wildman–Crippen MR) is 132 cm³/mol. The molecule has 2 aromatic carbocycles. The van der Waals surface area contributed by atoms with Crippen LogP contribution in [-0.4, -0.2) is 57.7 Å². The summed E-state index contributed by atoms with van der Waals surface area (Å²) in [6, 6.07) is 12.8. The quantitative estimate of drug-likeness (QED) is 0.536. The van der Waals surface area contributed by atoms with Crippen molar-refractivity contribution in [1.82, 2.24) is 10.2 Å². The van der Waals surface area contributed by atoms with Crippen molar-refractivity contribution < 1.29 is 27.5 Å². The number of amides is 2. The fourth-order valence-electron chi connectivity index (χ4n) is 4.30. The average Bonchev–Trinajstić information content (AvgIpc) is 3.24. The Bertz CT molecular complexity index is 1180. The maximum absolute atomic E-state index is 12.5. The molecule has 9 nitrogen and oxygen atoms in total. The molecule has 0 atom stereocenters. The Hall–Kier alpha value is -3.27. The fraction of sp³-hybridized carbons (Fsp3) is 0.440. The Morgan fingerprint density at radius 1 is 1.09 bits per heavy atom. The van der Waals surface area contributed by atoms with Gasteiger partial charge in [0.1, 0.15) is 13.2 Å². The van der Waals surface area contributed by atoms with Gasteiger partial charge < -0.3 is 19.7 Å². The Kier molecular flexibility index (Phi) is 7.80. The molecule has 2 aliphatic rings. The van der Waals surface area contributed by atoms with E-state index in [1.807, 2.05) is 29.2 Å². The molecule has 188 valence electrons. The van der Waals surface area contributed by atoms with E-state index in [4.69, 9.17) is 9.47 Å². The van der Waals surface area contributed by atoms with Crippen LogP contribution in [0.2, 0.25) is 0 Å². The summed E-state index contributed by atoms with van der Waals surface area (Å²) in [5.74, 6) is 1.10. The van der Waals surface area contributed by atoms with E-state index < -0.39 is 10.0 Å². The minimum Gasteiger partial charge on any atom is -0.486 e. The molecule has 1 saturated heterocycles. The standard InChI is InChI=1S/C25H31N3O6S/c1-35(31,32)28(21-10-11-22-23(16-21)34-15-14-33-22)13-4-8-24(29)26-17-19-6-2-3-7-20(19)18-27-12-5-9-25(27)30/h2-3,6-7,10-11,16H,4-5,8-9,12-15,17-18H2,1H3,(H,26,29). The van der Waals surface area contributed by atoms with Crippen molar-refractivity contribution in [2.45, 2.75) is 38.8 Å². The largest absolute Gasteiger partial charge is 0.486 e. The first-order valence-corrected chi connectivity index (χ1v) is 13.6. The van der Waals surface area contributed by atoms with Gasteiger partial charge in [0.05, 0.1) is 11.9 Å². The molecule has 0 spiro atoms. The van der Waals surface area contributed by atoms with Crippen LogP contribution in [0.5, 0.6) is 11.5 Å². The number of hydrogen-bond acceptors (Lipinski definition) is 6. The van der Waals surface area contributed by atoms with E-state index in [1.165, 1.54) is 4.31 Å². The summed E-state index contributed by atoms with van der Waals surface area (Å²) >= 11 is 0. The van der Waals surface area contributed by atoms with Crippen molar-refractivity contribution in [1.29, 1.82) is 0 Å². The third kappa shape index (κ3) is 6.45. The third-order valence-corrected chi connectivity index (χ3v) is 7.30. The topological polar surface area (TPSA) is 105 Å². The zero-order valence-corrected chi connectivity index (χ0v) is 20.7. The Balaban J connectivity index is 1.31. The summed E-state index contributed by atoms with van der Waals surface area (Å²) in [6.07, 6.45) is 3.16. The molecule has 0 aromatic heterocycles. The number of hydrogen-bond donors (Lipinski definition) is 1. The first kappa shape index (κ1) is 24.8. The Morgan fingerprint density at radius 2 is 1.83 bits per heavy atom. The van der Waals surface area contributed by atoms with Crippen LogP contribution in [0.4, 0.5) is 5.69 Å². The fourth-order valence-corrected chi connectivity index (χ4v) is 5.26. The summed E-state index contributed by atoms with van der Waals surface area (Å²) in [7, 11) is -3.55. The molecule has 2 aromatic rings. The van der Waals surface area contributed by atoms with Crippen molar-refractivity contribution >= 4 is 27.5 Å². The van der Waals surface area contributed by atoms with Gasteiger partial charge in [-0.05, 0) is 36.1 Å². The van der Waals surface area contributed by atoms with Crippen LogP contribution in [0.1, 0.15) is 36.8 Å². The Morgan fingerprint density at radius 3 is 2.54 bits per heavy atom. The Labute approximate surface area is 206 Å². The van der Waals surface area contributed by atoms with Crippen LogP contribution in [0.15, 0.2) is 42.5 Å². The molecule has 0 unspecified atom stereocenters. The van der Waals surface area contributed by atoms with Crippen LogP contribution in [-0.2, 0) is 32.7 Å². The first-order chi connectivity index (χ1) is 16.8. The third-order valence-electron chi connectivity index (χ3n) is 6.11. The second-order valence-electron chi connectivity index (χ2n) is 8.73. The highest BCUT2D eigenvalue weighted by molar-refractivity contribution is 7.92. The number of likely N-dealkylation sites (tertiary alicyclic amines) is 1. The summed E-state index contributed by atoms with van der Waals surface area (Å²) < 4.78 is 37.2. The molecule has 0 radical (unpaired) electrons. The first-order valence-electron chi connectivity index (χ1n) is 11.8. The molecule has 2 amide bonds. The summed E-state index contributed by atoms with van der Waals surface area (Å²) in [5.41, 5.74) is 2.46. The van der Waals surface area contributed by atoms with E-state index in [9.17, 15) is 18.0 Å². The molecule has 10 heteroatoms. The van der Waals surface area contributed by atoms with Gasteiger partial charge in [0.25, 0.3) is 0 Å². The van der Waals surface area contributed by atoms with E-state index in [1.54, 1.807) is 18.2 Å². The highest BCUT2D eigenvalue weighted by Gasteiger charge is 2.22. The molecule has 2 aliphatic heterocycles. The van der Waals surface area contributed by atoms with Gasteiger partial charge in [-0.25, -0.2) is 8.42 Å². The maximum Gasteiger partial charge on any atom is 0.232 e. The molecule has 0 aliphatic carbocycles. The highest BCUT2D eigenvalue weighted by atomic mass is 32.2. The summed E-state index contributed by atoms with van der Waals surface area (Å²) in [4.78, 5) is 26.3. The molecule has 4 rings (SSSR count). The average molecular weight is 502 g/mol. The number of fused-ring (bicyclic) bond motifs is 1. The second-order valence-corrected chi connectivity index (χ2v) is 10.6. The van der Waals surface area contributed by atoms with Crippen molar-refractivity contribution in [2.24, 2.45) is 0 Å². The maximum atomic E-state index is 12.5. The predicted octanol–water partition coefficient (Wildman–Crippen LogP) is 2.44. The van der Waals surface area contributed by atoms with Gasteiger partial charge in [0.2, 0.25) is 21.8 Å². The van der Waals surface area contributed by atoms with E-state index in [0.717, 1.165) is 30.3 Å². The minimum absolute atomic E-state index is 0.160. The zero-order valence-electron chi connectivity index (χ0n) is 19.9.